The van der Waals surface area contributed by atoms with Gasteiger partial charge in [-0.2, -0.15) is 0 Å². The summed E-state index contributed by atoms with van der Waals surface area (Å²) in [7, 11) is 0. The first-order chi connectivity index (χ1) is 14.0. The Bertz CT molecular complexity index is 1400. The molecule has 3 aromatic rings. The molecule has 0 atom stereocenters. The van der Waals surface area contributed by atoms with Crippen molar-refractivity contribution in [2.24, 2.45) is 4.99 Å². The van der Waals surface area contributed by atoms with E-state index in [1.807, 2.05) is 0 Å². The van der Waals surface area contributed by atoms with Crippen LogP contribution < -0.4 is 24.9 Å². The van der Waals surface area contributed by atoms with Crippen molar-refractivity contribution in [3.05, 3.63) is 72.1 Å². The molecule has 3 heterocycles. The van der Waals surface area contributed by atoms with Crippen LogP contribution in [0.25, 0.3) is 17.8 Å². The standard InChI is InChI=1S/C20H11ClN2O5S/c21-12-2-1-3-13(7-12)23-19(25)17(29-20(23)26)6-11-4-10-5-15-16(28-9-27-15)8-14(10)22-18(11)24/h1-8,25H,9H2. The molecule has 0 radical (unpaired) electrons. The van der Waals surface area contributed by atoms with Crippen molar-refractivity contribution in [3.63, 3.8) is 0 Å². The third-order valence-electron chi connectivity index (χ3n) is 4.47. The number of nitrogens with zero attached hydrogens (tertiary/aromatic N) is 2. The minimum Gasteiger partial charge on any atom is -0.493 e. The molecule has 0 spiro atoms. The van der Waals surface area contributed by atoms with Gasteiger partial charge in [-0.05, 0) is 36.4 Å². The van der Waals surface area contributed by atoms with Crippen LogP contribution in [0.5, 0.6) is 17.4 Å². The third-order valence-corrected chi connectivity index (χ3v) is 5.58. The summed E-state index contributed by atoms with van der Waals surface area (Å²) in [6.45, 7) is 0.119. The lowest BCUT2D eigenvalue weighted by Gasteiger charge is -2.05. The fourth-order valence-electron chi connectivity index (χ4n) is 3.13. The first kappa shape index (κ1) is 17.7. The number of halogens is 1. The average molecular weight is 427 g/mol. The van der Waals surface area contributed by atoms with E-state index in [0.29, 0.717) is 32.8 Å². The predicted molar refractivity (Wildman–Crippen MR) is 107 cm³/mol. The Labute approximate surface area is 172 Å². The van der Waals surface area contributed by atoms with E-state index in [1.54, 1.807) is 42.5 Å². The van der Waals surface area contributed by atoms with E-state index >= 15 is 0 Å². The van der Waals surface area contributed by atoms with E-state index in [1.165, 1.54) is 6.08 Å². The first-order valence-corrected chi connectivity index (χ1v) is 9.66. The van der Waals surface area contributed by atoms with Gasteiger partial charge in [-0.15, -0.1) is 0 Å². The van der Waals surface area contributed by atoms with E-state index in [4.69, 9.17) is 21.1 Å². The van der Waals surface area contributed by atoms with E-state index in [2.05, 4.69) is 4.99 Å². The number of ether oxygens (including phenoxy) is 2. The molecular formula is C20H11ClN2O5S. The quantitative estimate of drug-likeness (QED) is 0.633. The minimum atomic E-state index is -0.481. The van der Waals surface area contributed by atoms with Gasteiger partial charge >= 0.3 is 4.87 Å². The maximum atomic E-state index is 12.5. The maximum absolute atomic E-state index is 12.5. The molecule has 0 bridgehead atoms. The molecule has 0 unspecified atom stereocenters. The first-order valence-electron chi connectivity index (χ1n) is 8.46. The summed E-state index contributed by atoms with van der Waals surface area (Å²) in [6, 6.07) is 9.96. The molecule has 2 aliphatic rings. The Kier molecular flexibility index (Phi) is 4.04. The molecule has 2 aromatic carbocycles. The summed E-state index contributed by atoms with van der Waals surface area (Å²) in [5, 5.41) is 12.2. The number of carbonyl (C=O) groups is 1. The van der Waals surface area contributed by atoms with Crippen molar-refractivity contribution in [3.8, 4) is 23.1 Å². The highest BCUT2D eigenvalue weighted by Crippen LogP contribution is 2.30. The van der Waals surface area contributed by atoms with Crippen LogP contribution >= 0.6 is 22.9 Å². The zero-order valence-corrected chi connectivity index (χ0v) is 16.2. The Morgan fingerprint density at radius 3 is 2.76 bits per heavy atom. The lowest BCUT2D eigenvalue weighted by atomic mass is 10.1. The third kappa shape index (κ3) is 3.02. The Balaban J connectivity index is 1.62. The van der Waals surface area contributed by atoms with Crippen LogP contribution in [0.15, 0.2) is 51.8 Å². The van der Waals surface area contributed by atoms with Gasteiger partial charge in [-0.25, -0.2) is 9.56 Å². The molecule has 0 saturated carbocycles. The van der Waals surface area contributed by atoms with Crippen molar-refractivity contribution in [1.29, 1.82) is 0 Å². The van der Waals surface area contributed by atoms with E-state index in [0.717, 1.165) is 15.9 Å². The molecule has 0 aliphatic carbocycles. The predicted octanol–water partition coefficient (Wildman–Crippen LogP) is 2.01. The van der Waals surface area contributed by atoms with Gasteiger partial charge in [0.25, 0.3) is 5.91 Å². The highest BCUT2D eigenvalue weighted by Gasteiger charge is 2.20. The zero-order chi connectivity index (χ0) is 20.1. The van der Waals surface area contributed by atoms with Crippen molar-refractivity contribution >= 4 is 41.0 Å². The van der Waals surface area contributed by atoms with Crippen molar-refractivity contribution in [2.45, 2.75) is 0 Å². The summed E-state index contributed by atoms with van der Waals surface area (Å²) in [4.78, 5) is 28.8. The van der Waals surface area contributed by atoms with Crippen molar-refractivity contribution in [2.75, 3.05) is 6.79 Å². The molecule has 5 rings (SSSR count). The second-order valence-corrected chi connectivity index (χ2v) is 7.73. The monoisotopic (exact) mass is 426 g/mol. The van der Waals surface area contributed by atoms with E-state index in [-0.39, 0.29) is 23.1 Å². The Morgan fingerprint density at radius 2 is 1.97 bits per heavy atom. The van der Waals surface area contributed by atoms with Gasteiger partial charge in [0.2, 0.25) is 12.7 Å². The summed E-state index contributed by atoms with van der Waals surface area (Å²) in [6.07, 6.45) is 3.09. The van der Waals surface area contributed by atoms with Crippen LogP contribution in [0.2, 0.25) is 5.02 Å². The van der Waals surface area contributed by atoms with Crippen molar-refractivity contribution in [1.82, 2.24) is 4.57 Å². The average Bonchev–Trinajstić information content (AvgIpc) is 3.24. The van der Waals surface area contributed by atoms with Gasteiger partial charge in [0, 0.05) is 21.9 Å². The van der Waals surface area contributed by atoms with Gasteiger partial charge in [-0.1, -0.05) is 29.0 Å². The molecule has 29 heavy (non-hydrogen) atoms. The highest BCUT2D eigenvalue weighted by molar-refractivity contribution is 7.10. The number of hydrogen-bond donors (Lipinski definition) is 1. The number of hydrogen-bond acceptors (Lipinski definition) is 6. The SMILES string of the molecule is O=C1N=c2cc3c(cc2=CC1=Cc1sc(=O)n(-c2cccc(Cl)c2)c1O)OCO3. The van der Waals surface area contributed by atoms with E-state index < -0.39 is 10.8 Å². The number of aromatic nitrogens is 1. The molecule has 0 saturated heterocycles. The normalized spacial score (nSPS) is 15.8. The van der Waals surface area contributed by atoms with Crippen molar-refractivity contribution < 1.29 is 19.4 Å². The van der Waals surface area contributed by atoms with Gasteiger partial charge in [0.15, 0.2) is 11.5 Å². The lowest BCUT2D eigenvalue weighted by molar-refractivity contribution is -0.114. The van der Waals surface area contributed by atoms with Crippen LogP contribution in [0.3, 0.4) is 0 Å². The van der Waals surface area contributed by atoms with E-state index in [9.17, 15) is 14.7 Å². The molecular weight excluding hydrogens is 416 g/mol. The summed E-state index contributed by atoms with van der Waals surface area (Å²) >= 11 is 6.80. The minimum absolute atomic E-state index is 0.119. The van der Waals surface area contributed by atoms with Gasteiger partial charge < -0.3 is 14.6 Å². The number of amides is 1. The maximum Gasteiger partial charge on any atom is 0.315 e. The summed E-state index contributed by atoms with van der Waals surface area (Å²) in [5.74, 6) is 0.359. The van der Waals surface area contributed by atoms with Crippen LogP contribution in [0, 0.1) is 0 Å². The summed E-state index contributed by atoms with van der Waals surface area (Å²) in [5.41, 5.74) is 0.675. The lowest BCUT2D eigenvalue weighted by Crippen LogP contribution is -2.30. The number of carbonyl (C=O) groups excluding carboxylic acids is 1. The van der Waals surface area contributed by atoms with Gasteiger partial charge in [0.05, 0.1) is 15.9 Å². The number of fused-ring (bicyclic) bond motifs is 2. The second-order valence-electron chi connectivity index (χ2n) is 6.30. The second kappa shape index (κ2) is 6.61. The fraction of sp³-hybridized carbons (Fsp3) is 0.0500. The molecule has 144 valence electrons. The molecule has 1 aromatic heterocycles. The topological polar surface area (TPSA) is 90.1 Å². The molecule has 1 N–H and O–H groups in total. The van der Waals surface area contributed by atoms with Crippen LogP contribution in [-0.4, -0.2) is 22.4 Å². The zero-order valence-electron chi connectivity index (χ0n) is 14.6. The summed E-state index contributed by atoms with van der Waals surface area (Å²) < 4.78 is 11.8. The van der Waals surface area contributed by atoms with Crippen LogP contribution in [0.1, 0.15) is 4.88 Å². The Hall–Kier alpha value is -3.36. The number of thiazole rings is 1. The van der Waals surface area contributed by atoms with Gasteiger partial charge in [0.1, 0.15) is 0 Å². The highest BCUT2D eigenvalue weighted by atomic mass is 35.5. The number of aromatic hydroxyl groups is 1. The smallest absolute Gasteiger partial charge is 0.315 e. The number of benzene rings is 2. The molecule has 7 nitrogen and oxygen atoms in total. The molecule has 0 fully saturated rings. The fourth-order valence-corrected chi connectivity index (χ4v) is 4.15. The molecule has 2 aliphatic heterocycles. The molecule has 1 amide bonds. The van der Waals surface area contributed by atoms with Crippen LogP contribution in [-0.2, 0) is 4.79 Å². The number of rotatable bonds is 2. The van der Waals surface area contributed by atoms with Gasteiger partial charge in [-0.3, -0.25) is 9.59 Å². The van der Waals surface area contributed by atoms with Crippen LogP contribution in [0.4, 0.5) is 0 Å². The Morgan fingerprint density at radius 1 is 1.17 bits per heavy atom. The largest absolute Gasteiger partial charge is 0.493 e. The molecule has 9 heteroatoms.